The summed E-state index contributed by atoms with van der Waals surface area (Å²) in [5.41, 5.74) is 1.90. The largest absolute Gasteiger partial charge is 0.490 e. The molecule has 4 N–H and O–H groups in total. The molecule has 2 heterocycles. The van der Waals surface area contributed by atoms with Crippen LogP contribution in [0.15, 0.2) is 48.5 Å². The van der Waals surface area contributed by atoms with E-state index in [0.29, 0.717) is 37.6 Å². The lowest BCUT2D eigenvalue weighted by Crippen LogP contribution is -2.27. The number of ether oxygens (including phenoxy) is 2. The number of carboxylic acids is 2. The lowest BCUT2D eigenvalue weighted by molar-refractivity contribution is -0.144. The second-order valence-corrected chi connectivity index (χ2v) is 9.80. The van der Waals surface area contributed by atoms with Gasteiger partial charge in [0.15, 0.2) is 0 Å². The van der Waals surface area contributed by atoms with E-state index >= 15 is 0 Å². The van der Waals surface area contributed by atoms with E-state index in [2.05, 4.69) is 10.6 Å². The fraction of sp³-hybridized carbons (Fsp3) is 0.500. The first-order valence-electron chi connectivity index (χ1n) is 12.8. The molecule has 0 spiro atoms. The molecule has 8 heteroatoms. The third-order valence-electron chi connectivity index (χ3n) is 7.30. The van der Waals surface area contributed by atoms with Crippen LogP contribution in [0.2, 0.25) is 0 Å². The van der Waals surface area contributed by atoms with Crippen LogP contribution in [0, 0.1) is 23.7 Å². The topological polar surface area (TPSA) is 117 Å². The Hall–Kier alpha value is -3.10. The van der Waals surface area contributed by atoms with E-state index in [0.717, 1.165) is 50.1 Å². The second kappa shape index (κ2) is 12.7. The summed E-state index contributed by atoms with van der Waals surface area (Å²) in [6.07, 6.45) is 2.74. The average molecular weight is 497 g/mol. The molecule has 4 atom stereocenters. The van der Waals surface area contributed by atoms with E-state index in [4.69, 9.17) is 9.47 Å². The normalized spacial score (nSPS) is 21.1. The van der Waals surface area contributed by atoms with Gasteiger partial charge in [-0.1, -0.05) is 24.3 Å². The molecule has 0 bridgehead atoms. The van der Waals surface area contributed by atoms with Gasteiger partial charge in [0.1, 0.15) is 24.7 Å². The first kappa shape index (κ1) is 26.0. The molecular weight excluding hydrogens is 460 g/mol. The highest BCUT2D eigenvalue weighted by Crippen LogP contribution is 2.26. The monoisotopic (exact) mass is 496 g/mol. The Morgan fingerprint density at radius 3 is 1.58 bits per heavy atom. The minimum Gasteiger partial charge on any atom is -0.490 e. The quantitative estimate of drug-likeness (QED) is 0.313. The lowest BCUT2D eigenvalue weighted by atomic mass is 9.86. The molecule has 2 fully saturated rings. The zero-order valence-electron chi connectivity index (χ0n) is 20.5. The van der Waals surface area contributed by atoms with E-state index in [1.807, 2.05) is 48.5 Å². The van der Waals surface area contributed by atoms with Crippen LogP contribution >= 0.6 is 0 Å². The van der Waals surface area contributed by atoms with Gasteiger partial charge in [0, 0.05) is 0 Å². The zero-order valence-corrected chi connectivity index (χ0v) is 20.5. The Bertz CT molecular complexity index is 935. The molecule has 0 radical (unpaired) electrons. The van der Waals surface area contributed by atoms with Crippen LogP contribution in [0.5, 0.6) is 11.5 Å². The van der Waals surface area contributed by atoms with Crippen LogP contribution in [0.4, 0.5) is 0 Å². The Labute approximate surface area is 212 Å². The molecule has 4 rings (SSSR count). The van der Waals surface area contributed by atoms with Crippen LogP contribution < -0.4 is 20.1 Å². The number of aliphatic carboxylic acids is 2. The van der Waals surface area contributed by atoms with E-state index in [-0.39, 0.29) is 11.8 Å². The molecule has 194 valence electrons. The van der Waals surface area contributed by atoms with Crippen molar-refractivity contribution in [2.24, 2.45) is 23.7 Å². The fourth-order valence-corrected chi connectivity index (χ4v) is 5.30. The van der Waals surface area contributed by atoms with Gasteiger partial charge in [0.05, 0.1) is 11.8 Å². The van der Waals surface area contributed by atoms with Crippen molar-refractivity contribution >= 4 is 11.9 Å². The number of rotatable bonds is 13. The second-order valence-electron chi connectivity index (χ2n) is 9.80. The summed E-state index contributed by atoms with van der Waals surface area (Å²) in [5.74, 6) is -0.636. The number of carbonyl (C=O) groups is 2. The van der Waals surface area contributed by atoms with Gasteiger partial charge in [0.25, 0.3) is 0 Å². The summed E-state index contributed by atoms with van der Waals surface area (Å²) < 4.78 is 11.7. The van der Waals surface area contributed by atoms with Crippen molar-refractivity contribution in [2.45, 2.75) is 25.7 Å². The molecule has 8 nitrogen and oxygen atoms in total. The molecule has 2 aromatic rings. The number of hydrogen-bond acceptors (Lipinski definition) is 6. The molecule has 2 unspecified atom stereocenters. The van der Waals surface area contributed by atoms with Crippen LogP contribution in [-0.2, 0) is 22.4 Å². The highest BCUT2D eigenvalue weighted by molar-refractivity contribution is 5.71. The van der Waals surface area contributed by atoms with Crippen molar-refractivity contribution in [1.82, 2.24) is 10.6 Å². The van der Waals surface area contributed by atoms with Crippen molar-refractivity contribution in [1.29, 1.82) is 0 Å². The summed E-state index contributed by atoms with van der Waals surface area (Å²) in [5, 5.41) is 25.9. The maximum atomic E-state index is 11.8. The van der Waals surface area contributed by atoms with Gasteiger partial charge in [-0.3, -0.25) is 9.59 Å². The summed E-state index contributed by atoms with van der Waals surface area (Å²) >= 11 is 0. The molecule has 0 amide bonds. The SMILES string of the molecule is O=C(O)C(Cc1cccc(OCCOc2cccc(CC(C(=O)O)[C@H]3CCNC3)c2)c1)[C@H]1CCNC1. The predicted molar refractivity (Wildman–Crippen MR) is 135 cm³/mol. The van der Waals surface area contributed by atoms with Gasteiger partial charge in [0.2, 0.25) is 0 Å². The molecule has 2 aromatic carbocycles. The molecule has 0 aliphatic carbocycles. The van der Waals surface area contributed by atoms with Crippen molar-refractivity contribution in [3.05, 3.63) is 59.7 Å². The van der Waals surface area contributed by atoms with Crippen LogP contribution in [0.1, 0.15) is 24.0 Å². The first-order chi connectivity index (χ1) is 17.5. The van der Waals surface area contributed by atoms with E-state index < -0.39 is 23.8 Å². The van der Waals surface area contributed by atoms with Gasteiger partial charge >= 0.3 is 11.9 Å². The standard InChI is InChI=1S/C28H36N2O6/c31-27(32)25(21-7-9-29-17-21)15-19-3-1-5-23(13-19)35-11-12-36-24-6-2-4-20(14-24)16-26(28(33)34)22-8-10-30-18-22/h1-6,13-14,21-22,25-26,29-30H,7-12,15-18H2,(H,31,32)(H,33,34)/t21-,22-,25?,26?/m0/s1. The van der Waals surface area contributed by atoms with Gasteiger partial charge in [-0.2, -0.15) is 0 Å². The summed E-state index contributed by atoms with van der Waals surface area (Å²) in [4.78, 5) is 23.6. The first-order valence-corrected chi connectivity index (χ1v) is 12.8. The average Bonchev–Trinajstić information content (AvgIpc) is 3.59. The van der Waals surface area contributed by atoms with E-state index in [9.17, 15) is 19.8 Å². The molecule has 2 aliphatic heterocycles. The number of benzene rings is 2. The highest BCUT2D eigenvalue weighted by Gasteiger charge is 2.31. The summed E-state index contributed by atoms with van der Waals surface area (Å²) in [7, 11) is 0. The van der Waals surface area contributed by atoms with Crippen LogP contribution in [-0.4, -0.2) is 61.5 Å². The molecule has 36 heavy (non-hydrogen) atoms. The lowest BCUT2D eigenvalue weighted by Gasteiger charge is -2.19. The summed E-state index contributed by atoms with van der Waals surface area (Å²) in [6.45, 7) is 3.93. The minimum atomic E-state index is -0.750. The third-order valence-corrected chi connectivity index (χ3v) is 7.30. The third kappa shape index (κ3) is 7.21. The molecule has 0 saturated carbocycles. The van der Waals surface area contributed by atoms with Gasteiger partial charge in [-0.15, -0.1) is 0 Å². The van der Waals surface area contributed by atoms with Crippen molar-refractivity contribution in [3.63, 3.8) is 0 Å². The smallest absolute Gasteiger partial charge is 0.307 e. The minimum absolute atomic E-state index is 0.150. The van der Waals surface area contributed by atoms with Crippen LogP contribution in [0.25, 0.3) is 0 Å². The predicted octanol–water partition coefficient (Wildman–Crippen LogP) is 2.85. The van der Waals surface area contributed by atoms with E-state index in [1.54, 1.807) is 0 Å². The molecular formula is C28H36N2O6. The number of carboxylic acid groups (broad SMARTS) is 2. The Morgan fingerprint density at radius 2 is 1.22 bits per heavy atom. The van der Waals surface area contributed by atoms with Crippen LogP contribution in [0.3, 0.4) is 0 Å². The highest BCUT2D eigenvalue weighted by atomic mass is 16.5. The van der Waals surface area contributed by atoms with Crippen molar-refractivity contribution in [3.8, 4) is 11.5 Å². The Kier molecular flexibility index (Phi) is 9.19. The molecule has 0 aromatic heterocycles. The molecule has 2 aliphatic rings. The maximum Gasteiger partial charge on any atom is 0.307 e. The van der Waals surface area contributed by atoms with Crippen molar-refractivity contribution in [2.75, 3.05) is 39.4 Å². The van der Waals surface area contributed by atoms with E-state index in [1.165, 1.54) is 0 Å². The van der Waals surface area contributed by atoms with Gasteiger partial charge < -0.3 is 30.3 Å². The Balaban J connectivity index is 1.26. The van der Waals surface area contributed by atoms with Gasteiger partial charge in [-0.05, 0) is 99.1 Å². The van der Waals surface area contributed by atoms with Gasteiger partial charge in [-0.25, -0.2) is 0 Å². The number of hydrogen-bond donors (Lipinski definition) is 4. The molecule has 2 saturated heterocycles. The number of nitrogens with one attached hydrogen (secondary N) is 2. The zero-order chi connectivity index (χ0) is 25.3. The summed E-state index contributed by atoms with van der Waals surface area (Å²) in [6, 6.07) is 15.2. The Morgan fingerprint density at radius 1 is 0.778 bits per heavy atom. The fourth-order valence-electron chi connectivity index (χ4n) is 5.30. The van der Waals surface area contributed by atoms with Crippen molar-refractivity contribution < 1.29 is 29.3 Å². The maximum absolute atomic E-state index is 11.8.